The number of nitrogens with zero attached hydrogens (tertiary/aromatic N) is 3. The molecule has 0 aliphatic carbocycles. The molecule has 0 unspecified atom stereocenters. The molecule has 1 amide bonds. The number of nitrogens with one attached hydrogen (secondary N) is 1. The van der Waals surface area contributed by atoms with E-state index in [1.807, 2.05) is 19.1 Å². The summed E-state index contributed by atoms with van der Waals surface area (Å²) in [5.41, 5.74) is 0.782. The van der Waals surface area contributed by atoms with Crippen LogP contribution in [-0.2, 0) is 4.79 Å². The number of carbonyl (C=O) groups is 1. The molecule has 1 aromatic carbocycles. The minimum absolute atomic E-state index is 0.0229. The smallest absolute Gasteiger partial charge is 0.230 e. The monoisotopic (exact) mass is 395 g/mol. The largest absolute Gasteiger partial charge is 0.353 e. The maximum atomic E-state index is 12.1. The summed E-state index contributed by atoms with van der Waals surface area (Å²) in [6.45, 7) is 4.23. The van der Waals surface area contributed by atoms with Crippen molar-refractivity contribution in [3.05, 3.63) is 29.3 Å². The van der Waals surface area contributed by atoms with Crippen LogP contribution < -0.4 is 11.2 Å². The number of unbranched alkanes of at least 4 members (excludes halogenated alkanes) is 3. The van der Waals surface area contributed by atoms with Crippen molar-refractivity contribution in [1.29, 1.82) is 0 Å². The number of carbonyl (C=O) groups excluding carboxylic acids is 1. The molecule has 8 heteroatoms. The van der Waals surface area contributed by atoms with Crippen LogP contribution in [0.15, 0.2) is 29.4 Å². The van der Waals surface area contributed by atoms with Gasteiger partial charge in [0.2, 0.25) is 11.1 Å². The number of nitrogen functional groups attached to an aromatic ring is 1. The average Bonchev–Trinajstić information content (AvgIpc) is 2.97. The topological polar surface area (TPSA) is 85.8 Å². The van der Waals surface area contributed by atoms with Crippen molar-refractivity contribution in [1.82, 2.24) is 20.2 Å². The molecule has 142 valence electrons. The summed E-state index contributed by atoms with van der Waals surface area (Å²) in [5, 5.41) is 12.3. The number of benzene rings is 1. The van der Waals surface area contributed by atoms with Gasteiger partial charge in [-0.3, -0.25) is 4.79 Å². The fourth-order valence-corrected chi connectivity index (χ4v) is 3.45. The molecule has 0 radical (unpaired) electrons. The Bertz CT molecular complexity index is 721. The molecule has 1 atom stereocenters. The number of hydrogen-bond acceptors (Lipinski definition) is 5. The second-order valence-electron chi connectivity index (χ2n) is 6.29. The van der Waals surface area contributed by atoms with Gasteiger partial charge in [0.05, 0.1) is 5.75 Å². The lowest BCUT2D eigenvalue weighted by atomic mass is 10.1. The van der Waals surface area contributed by atoms with E-state index in [1.54, 1.807) is 12.1 Å². The zero-order valence-electron chi connectivity index (χ0n) is 15.2. The van der Waals surface area contributed by atoms with Gasteiger partial charge in [0.25, 0.3) is 0 Å². The maximum Gasteiger partial charge on any atom is 0.230 e. The molecular weight excluding hydrogens is 370 g/mol. The molecule has 2 rings (SSSR count). The minimum atomic E-state index is -0.0229. The molecule has 0 aliphatic rings. The van der Waals surface area contributed by atoms with E-state index in [0.717, 1.165) is 18.4 Å². The Morgan fingerprint density at radius 3 is 2.88 bits per heavy atom. The first-order valence-electron chi connectivity index (χ1n) is 8.89. The summed E-state index contributed by atoms with van der Waals surface area (Å²) < 4.78 is 1.39. The van der Waals surface area contributed by atoms with E-state index in [4.69, 9.17) is 17.4 Å². The molecule has 3 N–H and O–H groups in total. The van der Waals surface area contributed by atoms with Crippen molar-refractivity contribution in [3.63, 3.8) is 0 Å². The molecular formula is C18H26ClN5OS. The Morgan fingerprint density at radius 2 is 2.15 bits per heavy atom. The van der Waals surface area contributed by atoms with Gasteiger partial charge in [0, 0.05) is 16.6 Å². The first kappa shape index (κ1) is 20.6. The number of amides is 1. The maximum absolute atomic E-state index is 12.1. The summed E-state index contributed by atoms with van der Waals surface area (Å²) in [4.78, 5) is 12.1. The SMILES string of the molecule is CCCCCC[C@@H](C)NC(=O)CSc1nnc(-c2cccc(Cl)c2)n1N. The fourth-order valence-electron chi connectivity index (χ4n) is 2.60. The second kappa shape index (κ2) is 10.4. The quantitative estimate of drug-likeness (QED) is 0.362. The van der Waals surface area contributed by atoms with Crippen LogP contribution in [0, 0.1) is 0 Å². The van der Waals surface area contributed by atoms with Crippen molar-refractivity contribution in [2.45, 2.75) is 57.1 Å². The van der Waals surface area contributed by atoms with Crippen LogP contribution in [-0.4, -0.2) is 32.6 Å². The number of rotatable bonds is 10. The number of aromatic nitrogens is 3. The number of halogens is 1. The van der Waals surface area contributed by atoms with Gasteiger partial charge in [0.1, 0.15) is 0 Å². The van der Waals surface area contributed by atoms with Gasteiger partial charge in [-0.05, 0) is 25.5 Å². The normalized spacial score (nSPS) is 12.1. The van der Waals surface area contributed by atoms with Crippen LogP contribution in [0.3, 0.4) is 0 Å². The van der Waals surface area contributed by atoms with Crippen LogP contribution in [0.1, 0.15) is 46.0 Å². The highest BCUT2D eigenvalue weighted by molar-refractivity contribution is 7.99. The van der Waals surface area contributed by atoms with Gasteiger partial charge in [-0.2, -0.15) is 0 Å². The molecule has 0 saturated carbocycles. The van der Waals surface area contributed by atoms with Crippen molar-refractivity contribution >= 4 is 29.3 Å². The van der Waals surface area contributed by atoms with Crippen LogP contribution in [0.2, 0.25) is 5.02 Å². The molecule has 0 saturated heterocycles. The minimum Gasteiger partial charge on any atom is -0.353 e. The van der Waals surface area contributed by atoms with E-state index in [9.17, 15) is 4.79 Å². The molecule has 0 fully saturated rings. The van der Waals surface area contributed by atoms with E-state index in [0.29, 0.717) is 16.0 Å². The lowest BCUT2D eigenvalue weighted by molar-refractivity contribution is -0.119. The van der Waals surface area contributed by atoms with Gasteiger partial charge in [-0.25, -0.2) is 4.68 Å². The molecule has 0 aliphatic heterocycles. The summed E-state index contributed by atoms with van der Waals surface area (Å²) in [6, 6.07) is 7.43. The van der Waals surface area contributed by atoms with Crippen LogP contribution in [0.5, 0.6) is 0 Å². The first-order valence-corrected chi connectivity index (χ1v) is 10.3. The standard InChI is InChI=1S/C18H26ClN5OS/c1-3-4-5-6-8-13(2)21-16(25)12-26-18-23-22-17(24(18)20)14-9-7-10-15(19)11-14/h7,9-11,13H,3-6,8,12,20H2,1-2H3,(H,21,25)/t13-/m1/s1. The molecule has 1 aromatic heterocycles. The predicted molar refractivity (Wildman–Crippen MR) is 108 cm³/mol. The molecule has 2 aromatic rings. The highest BCUT2D eigenvalue weighted by atomic mass is 35.5. The predicted octanol–water partition coefficient (Wildman–Crippen LogP) is 3.88. The average molecular weight is 396 g/mol. The van der Waals surface area contributed by atoms with E-state index in [1.165, 1.54) is 35.7 Å². The van der Waals surface area contributed by atoms with Crippen molar-refractivity contribution in [3.8, 4) is 11.4 Å². The third-order valence-electron chi connectivity index (χ3n) is 3.98. The summed E-state index contributed by atoms with van der Waals surface area (Å²) in [7, 11) is 0. The first-order chi connectivity index (χ1) is 12.5. The second-order valence-corrected chi connectivity index (χ2v) is 7.67. The molecule has 1 heterocycles. The van der Waals surface area contributed by atoms with Crippen molar-refractivity contribution in [2.24, 2.45) is 0 Å². The van der Waals surface area contributed by atoms with Gasteiger partial charge >= 0.3 is 0 Å². The Labute approximate surface area is 163 Å². The van der Waals surface area contributed by atoms with Crippen molar-refractivity contribution in [2.75, 3.05) is 11.6 Å². The lowest BCUT2D eigenvalue weighted by Crippen LogP contribution is -2.33. The van der Waals surface area contributed by atoms with Crippen LogP contribution in [0.4, 0.5) is 0 Å². The lowest BCUT2D eigenvalue weighted by Gasteiger charge is -2.13. The third kappa shape index (κ3) is 6.21. The Hall–Kier alpha value is -1.73. The van der Waals surface area contributed by atoms with Crippen LogP contribution in [0.25, 0.3) is 11.4 Å². The van der Waals surface area contributed by atoms with E-state index in [2.05, 4.69) is 22.4 Å². The van der Waals surface area contributed by atoms with E-state index < -0.39 is 0 Å². The Balaban J connectivity index is 1.83. The number of nitrogens with two attached hydrogens (primary N) is 1. The van der Waals surface area contributed by atoms with Crippen molar-refractivity contribution < 1.29 is 4.79 Å². The summed E-state index contributed by atoms with van der Waals surface area (Å²) >= 11 is 7.27. The Kier molecular flexibility index (Phi) is 8.25. The van der Waals surface area contributed by atoms with Crippen LogP contribution >= 0.6 is 23.4 Å². The third-order valence-corrected chi connectivity index (χ3v) is 5.16. The zero-order valence-corrected chi connectivity index (χ0v) is 16.8. The molecule has 6 nitrogen and oxygen atoms in total. The molecule has 0 bridgehead atoms. The van der Waals surface area contributed by atoms with Gasteiger partial charge in [-0.15, -0.1) is 10.2 Å². The van der Waals surface area contributed by atoms with E-state index in [-0.39, 0.29) is 17.7 Å². The number of hydrogen-bond donors (Lipinski definition) is 2. The van der Waals surface area contributed by atoms with E-state index >= 15 is 0 Å². The fraction of sp³-hybridized carbons (Fsp3) is 0.500. The van der Waals surface area contributed by atoms with Gasteiger partial charge in [0.15, 0.2) is 5.82 Å². The van der Waals surface area contributed by atoms with Gasteiger partial charge in [-0.1, -0.05) is 68.1 Å². The molecule has 0 spiro atoms. The highest BCUT2D eigenvalue weighted by Gasteiger charge is 2.15. The summed E-state index contributed by atoms with van der Waals surface area (Å²) in [6.07, 6.45) is 5.82. The number of thioether (sulfide) groups is 1. The Morgan fingerprint density at radius 1 is 1.35 bits per heavy atom. The highest BCUT2D eigenvalue weighted by Crippen LogP contribution is 2.23. The zero-order chi connectivity index (χ0) is 18.9. The van der Waals surface area contributed by atoms with Gasteiger partial charge < -0.3 is 11.2 Å². The molecule has 26 heavy (non-hydrogen) atoms. The summed E-state index contributed by atoms with van der Waals surface area (Å²) in [5.74, 6) is 6.81.